The zero-order valence-electron chi connectivity index (χ0n) is 30.5. The molecule has 0 saturated carbocycles. The van der Waals surface area contributed by atoms with Crippen molar-refractivity contribution >= 4 is 65.6 Å². The number of rotatable bonds is 5. The second-order valence-corrected chi connectivity index (χ2v) is 14.4. The standard InChI is InChI=1S/C51H31N5O/c1-4-15-32(16-5-1)49-52-50(33-17-6-2-7-18-33)54-51(53-49)34-19-14-22-36(31-34)56-43-30-29-42-45(39-24-10-12-25-41(39)55(42)35-20-8-3-9-21-35)46(43)40-28-27-38-37-23-11-13-26-44(37)57-48(38)47(40)56/h1-31H. The van der Waals surface area contributed by atoms with Gasteiger partial charge < -0.3 is 13.6 Å². The van der Waals surface area contributed by atoms with E-state index in [9.17, 15) is 0 Å². The lowest BCUT2D eigenvalue weighted by Gasteiger charge is -2.12. The van der Waals surface area contributed by atoms with Crippen LogP contribution < -0.4 is 0 Å². The third-order valence-corrected chi connectivity index (χ3v) is 11.1. The van der Waals surface area contributed by atoms with Crippen LogP contribution >= 0.6 is 0 Å². The molecule has 12 aromatic rings. The number of aromatic nitrogens is 5. The van der Waals surface area contributed by atoms with Crippen LogP contribution in [0.5, 0.6) is 0 Å². The third kappa shape index (κ3) is 4.81. The minimum atomic E-state index is 0.604. The first kappa shape index (κ1) is 31.5. The summed E-state index contributed by atoms with van der Waals surface area (Å²) in [7, 11) is 0. The number of fused-ring (bicyclic) bond motifs is 11. The second kappa shape index (κ2) is 12.3. The van der Waals surface area contributed by atoms with Crippen molar-refractivity contribution in [3.05, 3.63) is 188 Å². The maximum Gasteiger partial charge on any atom is 0.164 e. The number of nitrogens with zero attached hydrogens (tertiary/aromatic N) is 5. The maximum absolute atomic E-state index is 6.82. The van der Waals surface area contributed by atoms with E-state index in [1.54, 1.807) is 0 Å². The van der Waals surface area contributed by atoms with Crippen LogP contribution in [0.2, 0.25) is 0 Å². The minimum Gasteiger partial charge on any atom is -0.454 e. The summed E-state index contributed by atoms with van der Waals surface area (Å²) < 4.78 is 11.6. The van der Waals surface area contributed by atoms with Gasteiger partial charge in [0.25, 0.3) is 0 Å². The largest absolute Gasteiger partial charge is 0.454 e. The molecule has 0 bridgehead atoms. The summed E-state index contributed by atoms with van der Waals surface area (Å²) in [6.07, 6.45) is 0. The van der Waals surface area contributed by atoms with E-state index >= 15 is 0 Å². The maximum atomic E-state index is 6.82. The fraction of sp³-hybridized carbons (Fsp3) is 0. The quantitative estimate of drug-likeness (QED) is 0.177. The molecule has 0 N–H and O–H groups in total. The highest BCUT2D eigenvalue weighted by Crippen LogP contribution is 2.45. The molecule has 0 aliphatic carbocycles. The monoisotopic (exact) mass is 729 g/mol. The number of hydrogen-bond acceptors (Lipinski definition) is 4. The smallest absolute Gasteiger partial charge is 0.164 e. The van der Waals surface area contributed by atoms with Crippen molar-refractivity contribution in [2.24, 2.45) is 0 Å². The summed E-state index contributed by atoms with van der Waals surface area (Å²) >= 11 is 0. The van der Waals surface area contributed by atoms with Gasteiger partial charge in [-0.1, -0.05) is 133 Å². The SMILES string of the molecule is c1ccc(-c2nc(-c3ccccc3)nc(-c3cccc(-n4c5ccc6c(c7ccccc7n6-c6ccccc6)c5c5ccc6c7ccccc7oc6c54)c3)n2)cc1. The van der Waals surface area contributed by atoms with E-state index in [0.717, 1.165) is 77.5 Å². The van der Waals surface area contributed by atoms with Crippen molar-refractivity contribution < 1.29 is 4.42 Å². The van der Waals surface area contributed by atoms with Gasteiger partial charge in [0.15, 0.2) is 23.1 Å². The van der Waals surface area contributed by atoms with E-state index in [0.29, 0.717) is 17.5 Å². The van der Waals surface area contributed by atoms with E-state index in [-0.39, 0.29) is 0 Å². The van der Waals surface area contributed by atoms with Gasteiger partial charge >= 0.3 is 0 Å². The molecule has 8 aromatic carbocycles. The van der Waals surface area contributed by atoms with E-state index < -0.39 is 0 Å². The molecule has 0 aliphatic heterocycles. The summed E-state index contributed by atoms with van der Waals surface area (Å²) in [4.78, 5) is 15.1. The lowest BCUT2D eigenvalue weighted by Crippen LogP contribution is -2.01. The molecule has 0 saturated heterocycles. The second-order valence-electron chi connectivity index (χ2n) is 14.4. The Morgan fingerprint density at radius 1 is 0.351 bits per heavy atom. The summed E-state index contributed by atoms with van der Waals surface area (Å²) in [5.74, 6) is 1.86. The van der Waals surface area contributed by atoms with Gasteiger partial charge in [0.2, 0.25) is 0 Å². The van der Waals surface area contributed by atoms with Crippen LogP contribution in [0.25, 0.3) is 111 Å². The summed E-state index contributed by atoms with van der Waals surface area (Å²) in [5.41, 5.74) is 11.0. The zero-order valence-corrected chi connectivity index (χ0v) is 30.5. The Kier molecular flexibility index (Phi) is 6.83. The van der Waals surface area contributed by atoms with Gasteiger partial charge in [-0.3, -0.25) is 0 Å². The predicted molar refractivity (Wildman–Crippen MR) is 232 cm³/mol. The molecule has 0 fully saturated rings. The molecule has 6 heteroatoms. The fourth-order valence-corrected chi connectivity index (χ4v) is 8.67. The van der Waals surface area contributed by atoms with Crippen LogP contribution in [-0.2, 0) is 0 Å². The van der Waals surface area contributed by atoms with Gasteiger partial charge in [-0.2, -0.15) is 0 Å². The Labute approximate surface area is 326 Å². The number of para-hydroxylation sites is 3. The Morgan fingerprint density at radius 2 is 0.877 bits per heavy atom. The summed E-state index contributed by atoms with van der Waals surface area (Å²) in [6.45, 7) is 0. The molecule has 0 unspecified atom stereocenters. The Bertz CT molecular complexity index is 3450. The fourth-order valence-electron chi connectivity index (χ4n) is 8.67. The Hall–Kier alpha value is -7.83. The van der Waals surface area contributed by atoms with Crippen molar-refractivity contribution in [3.63, 3.8) is 0 Å². The summed E-state index contributed by atoms with van der Waals surface area (Å²) in [6, 6.07) is 65.4. The molecule has 6 nitrogen and oxygen atoms in total. The average molecular weight is 730 g/mol. The first-order chi connectivity index (χ1) is 28.3. The van der Waals surface area contributed by atoms with Crippen LogP contribution in [0.3, 0.4) is 0 Å². The Morgan fingerprint density at radius 3 is 1.60 bits per heavy atom. The number of furan rings is 1. The molecule has 4 heterocycles. The average Bonchev–Trinajstić information content (AvgIpc) is 3.95. The first-order valence-electron chi connectivity index (χ1n) is 19.1. The topological polar surface area (TPSA) is 61.7 Å². The molecule has 57 heavy (non-hydrogen) atoms. The van der Waals surface area contributed by atoms with Crippen LogP contribution in [0.4, 0.5) is 0 Å². The third-order valence-electron chi connectivity index (χ3n) is 11.1. The highest BCUT2D eigenvalue weighted by molar-refractivity contribution is 6.32. The molecule has 266 valence electrons. The normalized spacial score (nSPS) is 11.9. The van der Waals surface area contributed by atoms with Crippen LogP contribution in [0.15, 0.2) is 192 Å². The van der Waals surface area contributed by atoms with Crippen molar-refractivity contribution in [1.29, 1.82) is 0 Å². The molecule has 4 aromatic heterocycles. The molecule has 0 atom stereocenters. The van der Waals surface area contributed by atoms with Crippen molar-refractivity contribution in [1.82, 2.24) is 24.1 Å². The first-order valence-corrected chi connectivity index (χ1v) is 19.1. The van der Waals surface area contributed by atoms with Gasteiger partial charge in [0.1, 0.15) is 5.58 Å². The van der Waals surface area contributed by atoms with Crippen LogP contribution in [0, 0.1) is 0 Å². The highest BCUT2D eigenvalue weighted by Gasteiger charge is 2.24. The molecular weight excluding hydrogens is 699 g/mol. The molecule has 0 aliphatic rings. The minimum absolute atomic E-state index is 0.604. The molecule has 12 rings (SSSR count). The molecule has 0 amide bonds. The highest BCUT2D eigenvalue weighted by atomic mass is 16.3. The van der Waals surface area contributed by atoms with E-state index in [1.807, 2.05) is 66.7 Å². The van der Waals surface area contributed by atoms with Gasteiger partial charge in [-0.15, -0.1) is 0 Å². The van der Waals surface area contributed by atoms with Gasteiger partial charge in [0.05, 0.1) is 22.1 Å². The van der Waals surface area contributed by atoms with Crippen molar-refractivity contribution in [3.8, 4) is 45.5 Å². The van der Waals surface area contributed by atoms with E-state index in [2.05, 4.69) is 130 Å². The van der Waals surface area contributed by atoms with Gasteiger partial charge in [-0.05, 0) is 54.6 Å². The van der Waals surface area contributed by atoms with Crippen LogP contribution in [-0.4, -0.2) is 24.1 Å². The number of benzene rings is 8. The van der Waals surface area contributed by atoms with E-state index in [1.165, 1.54) is 16.2 Å². The van der Waals surface area contributed by atoms with Crippen molar-refractivity contribution in [2.45, 2.75) is 0 Å². The van der Waals surface area contributed by atoms with Crippen molar-refractivity contribution in [2.75, 3.05) is 0 Å². The summed E-state index contributed by atoms with van der Waals surface area (Å²) in [5, 5.41) is 6.89. The van der Waals surface area contributed by atoms with Gasteiger partial charge in [-0.25, -0.2) is 15.0 Å². The van der Waals surface area contributed by atoms with Gasteiger partial charge in [0, 0.05) is 60.4 Å². The number of hydrogen-bond donors (Lipinski definition) is 0. The Balaban J connectivity index is 1.17. The molecule has 0 radical (unpaired) electrons. The van der Waals surface area contributed by atoms with E-state index in [4.69, 9.17) is 19.4 Å². The molecular formula is C51H31N5O. The predicted octanol–water partition coefficient (Wildman–Crippen LogP) is 13.0. The zero-order chi connectivity index (χ0) is 37.5. The lowest BCUT2D eigenvalue weighted by molar-refractivity contribution is 0.671. The van der Waals surface area contributed by atoms with Crippen LogP contribution in [0.1, 0.15) is 0 Å². The molecule has 0 spiro atoms. The lowest BCUT2D eigenvalue weighted by atomic mass is 10.0.